The number of carbonyl (C=O) groups is 3. The maximum Gasteiger partial charge on any atom is 0.342 e. The summed E-state index contributed by atoms with van der Waals surface area (Å²) < 4.78 is 10.2. The van der Waals surface area contributed by atoms with Gasteiger partial charge in [-0.15, -0.1) is 0 Å². The largest absolute Gasteiger partial charge is 0.507 e. The highest BCUT2D eigenvalue weighted by molar-refractivity contribution is 9.10. The average molecular weight is 436 g/mol. The SMILES string of the molecule is COC(=O)[C@@H](Cc1ccccc1)NC(=O)COC(=O)c1cc(Br)ccc1O. The molecule has 0 fully saturated rings. The second kappa shape index (κ2) is 9.72. The molecule has 1 atom stereocenters. The Kier molecular flexibility index (Phi) is 7.36. The Hall–Kier alpha value is -2.87. The molecule has 0 radical (unpaired) electrons. The number of carbonyl (C=O) groups excluding carboxylic acids is 3. The maximum absolute atomic E-state index is 12.1. The van der Waals surface area contributed by atoms with Crippen LogP contribution in [0.1, 0.15) is 15.9 Å². The monoisotopic (exact) mass is 435 g/mol. The van der Waals surface area contributed by atoms with Crippen molar-refractivity contribution in [1.29, 1.82) is 0 Å². The first-order valence-electron chi connectivity index (χ1n) is 7.97. The number of ether oxygens (including phenoxy) is 2. The van der Waals surface area contributed by atoms with E-state index in [-0.39, 0.29) is 17.7 Å². The number of rotatable bonds is 7. The Labute approximate surface area is 164 Å². The number of esters is 2. The third-order valence-corrected chi connectivity index (χ3v) is 4.11. The lowest BCUT2D eigenvalue weighted by atomic mass is 10.1. The molecule has 0 heterocycles. The van der Waals surface area contributed by atoms with Gasteiger partial charge in [-0.05, 0) is 23.8 Å². The standard InChI is InChI=1S/C19H18BrNO6/c1-26-19(25)15(9-12-5-3-2-4-6-12)21-17(23)11-27-18(24)14-10-13(20)7-8-16(14)22/h2-8,10,15,22H,9,11H2,1H3,(H,21,23)/t15-/m1/s1. The number of hydrogen-bond acceptors (Lipinski definition) is 6. The number of hydrogen-bond donors (Lipinski definition) is 2. The van der Waals surface area contributed by atoms with Gasteiger partial charge in [-0.25, -0.2) is 9.59 Å². The number of nitrogens with one attached hydrogen (secondary N) is 1. The lowest BCUT2D eigenvalue weighted by Crippen LogP contribution is -2.44. The normalized spacial score (nSPS) is 11.3. The fraction of sp³-hybridized carbons (Fsp3) is 0.211. The van der Waals surface area contributed by atoms with Crippen molar-refractivity contribution in [3.63, 3.8) is 0 Å². The molecule has 0 saturated heterocycles. The Bertz CT molecular complexity index is 824. The van der Waals surface area contributed by atoms with Crippen molar-refractivity contribution in [2.24, 2.45) is 0 Å². The first-order chi connectivity index (χ1) is 12.9. The molecule has 0 spiro atoms. The molecule has 2 aromatic carbocycles. The summed E-state index contributed by atoms with van der Waals surface area (Å²) in [5, 5.41) is 12.2. The van der Waals surface area contributed by atoms with E-state index in [0.29, 0.717) is 4.47 Å². The third kappa shape index (κ3) is 6.10. The lowest BCUT2D eigenvalue weighted by molar-refractivity contribution is -0.145. The Morgan fingerprint density at radius 2 is 1.85 bits per heavy atom. The highest BCUT2D eigenvalue weighted by Gasteiger charge is 2.23. The smallest absolute Gasteiger partial charge is 0.342 e. The van der Waals surface area contributed by atoms with Crippen LogP contribution >= 0.6 is 15.9 Å². The molecule has 0 aliphatic carbocycles. The van der Waals surface area contributed by atoms with Gasteiger partial charge in [-0.2, -0.15) is 0 Å². The summed E-state index contributed by atoms with van der Waals surface area (Å²) >= 11 is 3.18. The Morgan fingerprint density at radius 3 is 2.52 bits per heavy atom. The van der Waals surface area contributed by atoms with E-state index in [4.69, 9.17) is 9.47 Å². The van der Waals surface area contributed by atoms with E-state index in [2.05, 4.69) is 21.2 Å². The second-order valence-electron chi connectivity index (χ2n) is 5.57. The first kappa shape index (κ1) is 20.4. The van der Waals surface area contributed by atoms with Gasteiger partial charge in [-0.3, -0.25) is 4.79 Å². The fourth-order valence-electron chi connectivity index (χ4n) is 2.30. The second-order valence-corrected chi connectivity index (χ2v) is 6.49. The zero-order valence-corrected chi connectivity index (χ0v) is 16.1. The molecule has 0 aliphatic heterocycles. The zero-order valence-electron chi connectivity index (χ0n) is 14.5. The first-order valence-corrected chi connectivity index (χ1v) is 8.76. The van der Waals surface area contributed by atoms with E-state index < -0.39 is 30.5 Å². The van der Waals surface area contributed by atoms with E-state index in [0.717, 1.165) is 5.56 Å². The number of phenols is 1. The molecule has 0 bridgehead atoms. The van der Waals surface area contributed by atoms with Crippen molar-refractivity contribution in [3.8, 4) is 5.75 Å². The minimum Gasteiger partial charge on any atom is -0.507 e. The number of amides is 1. The summed E-state index contributed by atoms with van der Waals surface area (Å²) in [5.74, 6) is -2.39. The van der Waals surface area contributed by atoms with Crippen molar-refractivity contribution in [3.05, 3.63) is 64.1 Å². The summed E-state index contributed by atoms with van der Waals surface area (Å²) in [4.78, 5) is 36.0. The molecular weight excluding hydrogens is 418 g/mol. The number of benzene rings is 2. The molecule has 2 rings (SSSR count). The van der Waals surface area contributed by atoms with Crippen LogP contribution in [0.4, 0.5) is 0 Å². The molecule has 0 aromatic heterocycles. The lowest BCUT2D eigenvalue weighted by Gasteiger charge is -2.16. The molecular formula is C19H18BrNO6. The number of aromatic hydroxyl groups is 1. The number of phenolic OH excluding ortho intramolecular Hbond substituents is 1. The van der Waals surface area contributed by atoms with Crippen molar-refractivity contribution >= 4 is 33.8 Å². The predicted molar refractivity (Wildman–Crippen MR) is 100 cm³/mol. The molecule has 0 saturated carbocycles. The van der Waals surface area contributed by atoms with Gasteiger partial charge >= 0.3 is 11.9 Å². The Morgan fingerprint density at radius 1 is 1.15 bits per heavy atom. The van der Waals surface area contributed by atoms with Gasteiger partial charge < -0.3 is 19.9 Å². The van der Waals surface area contributed by atoms with Crippen molar-refractivity contribution < 1.29 is 29.0 Å². The van der Waals surface area contributed by atoms with Crippen LogP contribution in [0, 0.1) is 0 Å². The summed E-state index contributed by atoms with van der Waals surface area (Å²) in [6.45, 7) is -0.604. The minimum absolute atomic E-state index is 0.0778. The van der Waals surface area contributed by atoms with Crippen molar-refractivity contribution in [2.75, 3.05) is 13.7 Å². The van der Waals surface area contributed by atoms with E-state index >= 15 is 0 Å². The van der Waals surface area contributed by atoms with Gasteiger partial charge in [-0.1, -0.05) is 46.3 Å². The molecule has 142 valence electrons. The average Bonchev–Trinajstić information content (AvgIpc) is 2.67. The van der Waals surface area contributed by atoms with Crippen molar-refractivity contribution in [1.82, 2.24) is 5.32 Å². The fourth-order valence-corrected chi connectivity index (χ4v) is 2.66. The molecule has 0 aliphatic rings. The van der Waals surface area contributed by atoms with Gasteiger partial charge in [0.25, 0.3) is 5.91 Å². The van der Waals surface area contributed by atoms with Crippen LogP contribution in [-0.2, 0) is 25.5 Å². The summed E-state index contributed by atoms with van der Waals surface area (Å²) in [5.41, 5.74) is 0.759. The van der Waals surface area contributed by atoms with Crippen LogP contribution in [0.3, 0.4) is 0 Å². The molecule has 7 nitrogen and oxygen atoms in total. The maximum atomic E-state index is 12.1. The molecule has 8 heteroatoms. The van der Waals surface area contributed by atoms with Gasteiger partial charge in [0.05, 0.1) is 7.11 Å². The van der Waals surface area contributed by atoms with E-state index in [9.17, 15) is 19.5 Å². The van der Waals surface area contributed by atoms with Gasteiger partial charge in [0, 0.05) is 10.9 Å². The molecule has 27 heavy (non-hydrogen) atoms. The Balaban J connectivity index is 1.96. The van der Waals surface area contributed by atoms with Gasteiger partial charge in [0.2, 0.25) is 0 Å². The van der Waals surface area contributed by atoms with E-state index in [1.54, 1.807) is 6.07 Å². The van der Waals surface area contributed by atoms with Crippen LogP contribution in [0.2, 0.25) is 0 Å². The van der Waals surface area contributed by atoms with Crippen LogP contribution < -0.4 is 5.32 Å². The van der Waals surface area contributed by atoms with Crippen LogP contribution in [-0.4, -0.2) is 42.7 Å². The molecule has 1 amide bonds. The number of halogens is 1. The highest BCUT2D eigenvalue weighted by Crippen LogP contribution is 2.22. The van der Waals surface area contributed by atoms with E-state index in [1.807, 2.05) is 30.3 Å². The molecule has 2 aromatic rings. The summed E-state index contributed by atoms with van der Waals surface area (Å²) in [7, 11) is 1.22. The predicted octanol–water partition coefficient (Wildman–Crippen LogP) is 2.21. The number of methoxy groups -OCH3 is 1. The van der Waals surface area contributed by atoms with E-state index in [1.165, 1.54) is 19.2 Å². The van der Waals surface area contributed by atoms with Crippen molar-refractivity contribution in [2.45, 2.75) is 12.5 Å². The highest BCUT2D eigenvalue weighted by atomic mass is 79.9. The quantitative estimate of drug-likeness (QED) is 0.646. The van der Waals surface area contributed by atoms with Crippen LogP contribution in [0.5, 0.6) is 5.75 Å². The summed E-state index contributed by atoms with van der Waals surface area (Å²) in [6.07, 6.45) is 0.236. The minimum atomic E-state index is -0.914. The van der Waals surface area contributed by atoms with Crippen LogP contribution in [0.25, 0.3) is 0 Å². The molecule has 2 N–H and O–H groups in total. The van der Waals surface area contributed by atoms with Crippen LogP contribution in [0.15, 0.2) is 53.0 Å². The third-order valence-electron chi connectivity index (χ3n) is 3.62. The van der Waals surface area contributed by atoms with Gasteiger partial charge in [0.1, 0.15) is 17.4 Å². The molecule has 0 unspecified atom stereocenters. The van der Waals surface area contributed by atoms with Gasteiger partial charge in [0.15, 0.2) is 6.61 Å². The topological polar surface area (TPSA) is 102 Å². The summed E-state index contributed by atoms with van der Waals surface area (Å²) in [6, 6.07) is 12.5. The zero-order chi connectivity index (χ0) is 19.8.